The number of allylic oxidation sites excluding steroid dienone is 6. The van der Waals surface area contributed by atoms with Gasteiger partial charge in [-0.2, -0.15) is 0 Å². The van der Waals surface area contributed by atoms with E-state index in [0.717, 1.165) is 77.0 Å². The Labute approximate surface area is 357 Å². The number of hydrogen-bond acceptors (Lipinski definition) is 12. The Kier molecular flexibility index (Phi) is 31.5. The number of ketones is 3. The molecule has 12 nitrogen and oxygen atoms in total. The molecule has 0 rings (SSSR count). The summed E-state index contributed by atoms with van der Waals surface area (Å²) < 4.78 is 54.7. The molecular formula is C45H81AlO12. The average Bonchev–Trinajstić information content (AvgIpc) is 3.11. The summed E-state index contributed by atoms with van der Waals surface area (Å²) in [5.41, 5.74) is 0. The zero-order valence-corrected chi connectivity index (χ0v) is 39.7. The van der Waals surface area contributed by atoms with Crippen LogP contribution >= 0.6 is 0 Å². The normalized spacial score (nSPS) is 13.1. The molecule has 0 aromatic carbocycles. The third-order valence-corrected chi connectivity index (χ3v) is 10.5. The Morgan fingerprint density at radius 3 is 0.759 bits per heavy atom. The summed E-state index contributed by atoms with van der Waals surface area (Å²) in [6, 6.07) is 0. The van der Waals surface area contributed by atoms with Gasteiger partial charge in [0.1, 0.15) is 0 Å². The molecule has 0 aromatic heterocycles. The predicted octanol–water partition coefficient (Wildman–Crippen LogP) is 10.7. The highest BCUT2D eigenvalue weighted by molar-refractivity contribution is 6.37. The van der Waals surface area contributed by atoms with E-state index < -0.39 is 32.5 Å². The van der Waals surface area contributed by atoms with Crippen molar-refractivity contribution in [3.05, 3.63) is 35.5 Å². The quantitative estimate of drug-likeness (QED) is 0.0192. The summed E-state index contributed by atoms with van der Waals surface area (Å²) in [4.78, 5) is 40.1. The number of ether oxygens (including phenoxy) is 6. The number of unbranched alkanes of at least 4 members (excludes halogenated alkanes) is 6. The molecule has 13 heteroatoms. The maximum Gasteiger partial charge on any atom is 1.20 e. The van der Waals surface area contributed by atoms with Gasteiger partial charge in [-0.15, -0.1) is 0 Å². The molecule has 0 atom stereocenters. The van der Waals surface area contributed by atoms with Crippen molar-refractivity contribution in [2.24, 2.45) is 0 Å². The van der Waals surface area contributed by atoms with Gasteiger partial charge in [-0.05, 0) is 80.1 Å². The van der Waals surface area contributed by atoms with Crippen LogP contribution in [0.4, 0.5) is 0 Å². The molecule has 0 bridgehead atoms. The summed E-state index contributed by atoms with van der Waals surface area (Å²) >= 11 is -3.23. The molecule has 0 heterocycles. The first-order valence-corrected chi connectivity index (χ1v) is 23.4. The van der Waals surface area contributed by atoms with Crippen LogP contribution in [0, 0.1) is 0 Å². The second-order valence-corrected chi connectivity index (χ2v) is 16.7. The highest BCUT2D eigenvalue weighted by atomic mass is 27.3. The summed E-state index contributed by atoms with van der Waals surface area (Å²) in [7, 11) is 0. The number of carbonyl (C=O) groups is 3. The minimum absolute atomic E-state index is 0.0191. The van der Waals surface area contributed by atoms with Crippen LogP contribution in [0.15, 0.2) is 35.5 Å². The second-order valence-electron chi connectivity index (χ2n) is 15.4. The fourth-order valence-corrected chi connectivity index (χ4v) is 6.70. The molecule has 0 fully saturated rings. The molecule has 336 valence electrons. The Hall–Kier alpha value is -2.08. The summed E-state index contributed by atoms with van der Waals surface area (Å²) in [6.07, 6.45) is 14.8. The molecule has 58 heavy (non-hydrogen) atoms. The van der Waals surface area contributed by atoms with Crippen LogP contribution in [0.5, 0.6) is 0 Å². The van der Waals surface area contributed by atoms with Gasteiger partial charge in [0.25, 0.3) is 0 Å². The number of rotatable bonds is 39. The van der Waals surface area contributed by atoms with Gasteiger partial charge in [-0.1, -0.05) is 80.1 Å². The van der Waals surface area contributed by atoms with Crippen molar-refractivity contribution in [2.75, 3.05) is 39.6 Å². The van der Waals surface area contributed by atoms with E-state index in [1.165, 1.54) is 18.2 Å². The molecule has 0 saturated heterocycles. The predicted molar refractivity (Wildman–Crippen MR) is 230 cm³/mol. The van der Waals surface area contributed by atoms with Gasteiger partial charge in [-0.3, -0.25) is 14.4 Å². The minimum atomic E-state index is -3.23. The van der Waals surface area contributed by atoms with Crippen molar-refractivity contribution in [1.29, 1.82) is 0 Å². The maximum atomic E-state index is 13.4. The summed E-state index contributed by atoms with van der Waals surface area (Å²) in [5.74, 6) is -3.34. The zero-order chi connectivity index (χ0) is 43.9. The molecule has 0 N–H and O–H groups in total. The van der Waals surface area contributed by atoms with Crippen LogP contribution < -0.4 is 0 Å². The van der Waals surface area contributed by atoms with Gasteiger partial charge in [0.05, 0.1) is 76.2 Å². The van der Waals surface area contributed by atoms with Gasteiger partial charge in [0.15, 0.2) is 34.7 Å². The van der Waals surface area contributed by atoms with Crippen LogP contribution in [0.25, 0.3) is 0 Å². The van der Waals surface area contributed by atoms with Gasteiger partial charge in [-0.25, -0.2) is 0 Å². The smallest absolute Gasteiger partial charge is 0.580 e. The second kappa shape index (κ2) is 32.7. The summed E-state index contributed by atoms with van der Waals surface area (Å²) in [6.45, 7) is 25.5. The Balaban J connectivity index is 6.36. The van der Waals surface area contributed by atoms with Crippen molar-refractivity contribution in [3.63, 3.8) is 0 Å². The Morgan fingerprint density at radius 2 is 0.586 bits per heavy atom. The first kappa shape index (κ1) is 55.9. The monoisotopic (exact) mass is 841 g/mol. The maximum absolute atomic E-state index is 13.4. The van der Waals surface area contributed by atoms with Crippen LogP contribution in [0.3, 0.4) is 0 Å². The van der Waals surface area contributed by atoms with E-state index in [-0.39, 0.29) is 53.9 Å². The lowest BCUT2D eigenvalue weighted by atomic mass is 10.1. The first-order valence-electron chi connectivity index (χ1n) is 22.0. The Morgan fingerprint density at radius 1 is 0.397 bits per heavy atom. The van der Waals surface area contributed by atoms with E-state index in [9.17, 15) is 14.4 Å². The van der Waals surface area contributed by atoms with Crippen molar-refractivity contribution in [2.45, 2.75) is 197 Å². The molecule has 0 aliphatic rings. The van der Waals surface area contributed by atoms with E-state index in [1.807, 2.05) is 0 Å². The van der Waals surface area contributed by atoms with Crippen molar-refractivity contribution < 1.29 is 54.2 Å². The topological polar surface area (TPSA) is 134 Å². The van der Waals surface area contributed by atoms with E-state index in [1.54, 1.807) is 41.5 Å². The molecule has 0 saturated carbocycles. The van der Waals surface area contributed by atoms with Crippen LogP contribution in [0.2, 0.25) is 0 Å². The Bertz CT molecular complexity index is 1050. The standard InChI is InChI=1S/3C15H28O4.Al/c3*1-5-7-9-18-15(4,19-10-8-6-2)12-14(17)11-13(3)16;/h3*11,16H,5-10,12H2,1-4H3;/q;;;+3/p-3/b3*13-11-;. The first-order chi connectivity index (χ1) is 27.5. The van der Waals surface area contributed by atoms with E-state index in [0.29, 0.717) is 39.6 Å². The number of hydrogen-bond donors (Lipinski definition) is 0. The van der Waals surface area contributed by atoms with E-state index in [4.69, 9.17) is 39.8 Å². The van der Waals surface area contributed by atoms with Gasteiger partial charge in [0.2, 0.25) is 0 Å². The van der Waals surface area contributed by atoms with Crippen molar-refractivity contribution >= 4 is 32.5 Å². The highest BCUT2D eigenvalue weighted by Gasteiger charge is 2.45. The molecular weight excluding hydrogens is 759 g/mol. The molecule has 0 aliphatic carbocycles. The largest absolute Gasteiger partial charge is 1.20 e. The van der Waals surface area contributed by atoms with Crippen LogP contribution in [0.1, 0.15) is 179 Å². The lowest BCUT2D eigenvalue weighted by molar-refractivity contribution is -0.228. The van der Waals surface area contributed by atoms with Gasteiger partial charge < -0.3 is 39.8 Å². The fourth-order valence-electron chi connectivity index (χ4n) is 5.44. The van der Waals surface area contributed by atoms with Crippen LogP contribution in [-0.4, -0.2) is 89.5 Å². The SMILES string of the molecule is CCCCOC(C)(CC(=O)/C=C(/C)[O][Al]([O]/C(C)=C\C(=O)CC(C)(OCCCC)OCCCC)[O]/C(C)=C\C(=O)CC(C)(OCCCC)OCCCC)OCCCC. The lowest BCUT2D eigenvalue weighted by Crippen LogP contribution is -2.36. The number of carbonyl (C=O) groups excluding carboxylic acids is 3. The van der Waals surface area contributed by atoms with E-state index in [2.05, 4.69) is 41.5 Å². The summed E-state index contributed by atoms with van der Waals surface area (Å²) in [5, 5.41) is 0. The molecule has 0 radical (unpaired) electrons. The van der Waals surface area contributed by atoms with Gasteiger partial charge in [0, 0.05) is 18.2 Å². The molecule has 0 aromatic rings. The van der Waals surface area contributed by atoms with Gasteiger partial charge >= 0.3 is 15.1 Å². The molecule has 0 amide bonds. The van der Waals surface area contributed by atoms with E-state index >= 15 is 0 Å². The lowest BCUT2D eigenvalue weighted by Gasteiger charge is -2.29. The van der Waals surface area contributed by atoms with Crippen LogP contribution in [-0.2, 0) is 54.2 Å². The van der Waals surface area contributed by atoms with Crippen molar-refractivity contribution in [1.82, 2.24) is 0 Å². The minimum Gasteiger partial charge on any atom is -0.580 e. The molecule has 0 aliphatic heterocycles. The third kappa shape index (κ3) is 28.4. The average molecular weight is 841 g/mol. The fraction of sp³-hybridized carbons (Fsp3) is 0.800. The molecule has 0 unspecified atom stereocenters. The third-order valence-electron chi connectivity index (χ3n) is 8.86. The van der Waals surface area contributed by atoms with Crippen molar-refractivity contribution in [3.8, 4) is 0 Å². The molecule has 0 spiro atoms. The zero-order valence-electron chi connectivity index (χ0n) is 38.6. The highest BCUT2D eigenvalue weighted by Crippen LogP contribution is 2.24.